The highest BCUT2D eigenvalue weighted by Gasteiger charge is 2.33. The predicted molar refractivity (Wildman–Crippen MR) is 88.3 cm³/mol. The number of nitrogens with one attached hydrogen (secondary N) is 2. The molecule has 1 aromatic carbocycles. The van der Waals surface area contributed by atoms with E-state index < -0.39 is 22.7 Å². The molecule has 2 rings (SSSR count). The fraction of sp³-hybridized carbons (Fsp3) is 0.500. The van der Waals surface area contributed by atoms with Crippen molar-refractivity contribution in [1.82, 2.24) is 10.2 Å². The maximum absolute atomic E-state index is 12.8. The van der Waals surface area contributed by atoms with Crippen LogP contribution in [0.15, 0.2) is 18.2 Å². The van der Waals surface area contributed by atoms with E-state index >= 15 is 0 Å². The second-order valence-corrected chi connectivity index (χ2v) is 6.47. The molecule has 0 bridgehead atoms. The highest BCUT2D eigenvalue weighted by atomic mass is 35.5. The maximum Gasteiger partial charge on any atom is 0.417 e. The van der Waals surface area contributed by atoms with E-state index in [9.17, 15) is 22.8 Å². The molecule has 138 valence electrons. The Hall–Kier alpha value is -1.80. The molecule has 1 aromatic rings. The minimum atomic E-state index is -4.61. The van der Waals surface area contributed by atoms with Gasteiger partial charge in [0.2, 0.25) is 11.8 Å². The fourth-order valence-electron chi connectivity index (χ4n) is 2.16. The lowest BCUT2D eigenvalue weighted by molar-refractivity contribution is -0.137. The van der Waals surface area contributed by atoms with Crippen molar-refractivity contribution in [2.45, 2.75) is 19.0 Å². The largest absolute Gasteiger partial charge is 0.417 e. The molecule has 5 nitrogen and oxygen atoms in total. The zero-order chi connectivity index (χ0) is 18.6. The molecule has 1 aliphatic carbocycles. The number of halogens is 4. The summed E-state index contributed by atoms with van der Waals surface area (Å²) in [7, 11) is 1.46. The van der Waals surface area contributed by atoms with Crippen LogP contribution in [0, 0.1) is 5.92 Å². The molecular formula is C16H19ClF3N3O2. The Bertz CT molecular complexity index is 648. The molecular weight excluding hydrogens is 359 g/mol. The lowest BCUT2D eigenvalue weighted by atomic mass is 10.2. The van der Waals surface area contributed by atoms with Gasteiger partial charge in [-0.05, 0) is 43.5 Å². The number of anilines is 1. The van der Waals surface area contributed by atoms with Crippen LogP contribution in [0.5, 0.6) is 0 Å². The number of likely N-dealkylation sites (N-methyl/N-ethyl adjacent to an activating group) is 1. The van der Waals surface area contributed by atoms with Crippen LogP contribution >= 0.6 is 11.6 Å². The second kappa shape index (κ2) is 8.05. The van der Waals surface area contributed by atoms with Crippen molar-refractivity contribution < 1.29 is 22.8 Å². The molecule has 1 saturated carbocycles. The molecule has 2 amide bonds. The summed E-state index contributed by atoms with van der Waals surface area (Å²) in [5, 5.41) is 4.91. The minimum Gasteiger partial charge on any atom is -0.335 e. The average molecular weight is 378 g/mol. The summed E-state index contributed by atoms with van der Waals surface area (Å²) >= 11 is 5.53. The first kappa shape index (κ1) is 19.5. The van der Waals surface area contributed by atoms with E-state index in [2.05, 4.69) is 10.6 Å². The van der Waals surface area contributed by atoms with Gasteiger partial charge in [-0.25, -0.2) is 0 Å². The van der Waals surface area contributed by atoms with Gasteiger partial charge in [-0.3, -0.25) is 9.59 Å². The first-order valence-electron chi connectivity index (χ1n) is 7.78. The molecule has 0 unspecified atom stereocenters. The Labute approximate surface area is 148 Å². The molecule has 1 fully saturated rings. The molecule has 9 heteroatoms. The zero-order valence-corrected chi connectivity index (χ0v) is 14.4. The molecule has 0 radical (unpaired) electrons. The number of hydrogen-bond acceptors (Lipinski definition) is 3. The van der Waals surface area contributed by atoms with Gasteiger partial charge in [0, 0.05) is 12.7 Å². The fourth-order valence-corrected chi connectivity index (χ4v) is 2.39. The zero-order valence-electron chi connectivity index (χ0n) is 13.6. The van der Waals surface area contributed by atoms with Crippen LogP contribution in [0.3, 0.4) is 0 Å². The van der Waals surface area contributed by atoms with E-state index in [-0.39, 0.29) is 24.7 Å². The van der Waals surface area contributed by atoms with Crippen LogP contribution in [0.25, 0.3) is 0 Å². The van der Waals surface area contributed by atoms with E-state index in [1.807, 2.05) is 0 Å². The number of hydrogen-bond donors (Lipinski definition) is 2. The molecule has 2 N–H and O–H groups in total. The summed E-state index contributed by atoms with van der Waals surface area (Å²) < 4.78 is 38.4. The SMILES string of the molecule is CN(CC(=O)Nc1ccc(Cl)c(C(F)(F)F)c1)C(=O)CNCC1CC1. The Morgan fingerprint density at radius 2 is 2.00 bits per heavy atom. The Balaban J connectivity index is 1.85. The lowest BCUT2D eigenvalue weighted by Gasteiger charge is -2.17. The van der Waals surface area contributed by atoms with Crippen LogP contribution in [0.4, 0.5) is 18.9 Å². The maximum atomic E-state index is 12.8. The Morgan fingerprint density at radius 1 is 1.32 bits per heavy atom. The predicted octanol–water partition coefficient (Wildman–Crippen LogP) is 2.76. The third-order valence-corrected chi connectivity index (χ3v) is 4.10. The second-order valence-electron chi connectivity index (χ2n) is 6.06. The van der Waals surface area contributed by atoms with Crippen LogP contribution in [0.2, 0.25) is 5.02 Å². The number of rotatable bonds is 7. The standard InChI is InChI=1S/C16H19ClF3N3O2/c1-23(15(25)8-21-7-10-2-3-10)9-14(24)22-11-4-5-13(17)12(6-11)16(18,19)20/h4-6,10,21H,2-3,7-9H2,1H3,(H,22,24). The summed E-state index contributed by atoms with van der Waals surface area (Å²) in [6.07, 6.45) is -2.28. The molecule has 1 aliphatic rings. The average Bonchev–Trinajstić information content (AvgIpc) is 3.32. The normalized spacial score (nSPS) is 14.3. The van der Waals surface area contributed by atoms with E-state index in [0.29, 0.717) is 5.92 Å². The minimum absolute atomic E-state index is 0.0329. The number of amides is 2. The quantitative estimate of drug-likeness (QED) is 0.768. The van der Waals surface area contributed by atoms with Gasteiger partial charge in [-0.15, -0.1) is 0 Å². The summed E-state index contributed by atoms with van der Waals surface area (Å²) in [4.78, 5) is 25.0. The van der Waals surface area contributed by atoms with Crippen molar-refractivity contribution in [3.05, 3.63) is 28.8 Å². The van der Waals surface area contributed by atoms with E-state index in [4.69, 9.17) is 11.6 Å². The monoisotopic (exact) mass is 377 g/mol. The molecule has 0 aromatic heterocycles. The van der Waals surface area contributed by atoms with Gasteiger partial charge in [0.15, 0.2) is 0 Å². The Kier molecular flexibility index (Phi) is 6.29. The molecule has 0 spiro atoms. The van der Waals surface area contributed by atoms with Crippen molar-refractivity contribution >= 4 is 29.1 Å². The van der Waals surface area contributed by atoms with E-state index in [1.54, 1.807) is 0 Å². The first-order chi connectivity index (χ1) is 11.7. The summed E-state index contributed by atoms with van der Waals surface area (Å²) in [5.74, 6) is -0.217. The van der Waals surface area contributed by atoms with Gasteiger partial charge in [-0.2, -0.15) is 13.2 Å². The van der Waals surface area contributed by atoms with Crippen LogP contribution in [0.1, 0.15) is 18.4 Å². The van der Waals surface area contributed by atoms with E-state index in [1.165, 1.54) is 30.9 Å². The van der Waals surface area contributed by atoms with Gasteiger partial charge >= 0.3 is 6.18 Å². The van der Waals surface area contributed by atoms with Gasteiger partial charge in [-0.1, -0.05) is 11.6 Å². The molecule has 25 heavy (non-hydrogen) atoms. The molecule has 0 heterocycles. The highest BCUT2D eigenvalue weighted by Crippen LogP contribution is 2.36. The van der Waals surface area contributed by atoms with Crippen molar-refractivity contribution in [3.63, 3.8) is 0 Å². The van der Waals surface area contributed by atoms with Crippen molar-refractivity contribution in [3.8, 4) is 0 Å². The molecule has 0 aliphatic heterocycles. The van der Waals surface area contributed by atoms with Crippen LogP contribution < -0.4 is 10.6 Å². The van der Waals surface area contributed by atoms with Gasteiger partial charge in [0.25, 0.3) is 0 Å². The third kappa shape index (κ3) is 6.21. The summed E-state index contributed by atoms with van der Waals surface area (Å²) in [6, 6.07) is 3.10. The number of carbonyl (C=O) groups is 2. The van der Waals surface area contributed by atoms with Crippen molar-refractivity contribution in [2.75, 3.05) is 32.0 Å². The van der Waals surface area contributed by atoms with E-state index in [0.717, 1.165) is 18.7 Å². The lowest BCUT2D eigenvalue weighted by Crippen LogP contribution is -2.40. The number of benzene rings is 1. The summed E-state index contributed by atoms with van der Waals surface area (Å²) in [5.41, 5.74) is -1.06. The van der Waals surface area contributed by atoms with Gasteiger partial charge < -0.3 is 15.5 Å². The first-order valence-corrected chi connectivity index (χ1v) is 8.16. The van der Waals surface area contributed by atoms with Gasteiger partial charge in [0.1, 0.15) is 0 Å². The third-order valence-electron chi connectivity index (χ3n) is 3.77. The molecule has 0 saturated heterocycles. The van der Waals surface area contributed by atoms with Crippen molar-refractivity contribution in [1.29, 1.82) is 0 Å². The number of carbonyl (C=O) groups excluding carboxylic acids is 2. The molecule has 0 atom stereocenters. The Morgan fingerprint density at radius 3 is 2.60 bits per heavy atom. The smallest absolute Gasteiger partial charge is 0.335 e. The highest BCUT2D eigenvalue weighted by molar-refractivity contribution is 6.31. The van der Waals surface area contributed by atoms with Crippen LogP contribution in [-0.2, 0) is 15.8 Å². The van der Waals surface area contributed by atoms with Crippen LogP contribution in [-0.4, -0.2) is 43.4 Å². The van der Waals surface area contributed by atoms with Crippen molar-refractivity contribution in [2.24, 2.45) is 5.92 Å². The number of nitrogens with zero attached hydrogens (tertiary/aromatic N) is 1. The summed E-state index contributed by atoms with van der Waals surface area (Å²) in [6.45, 7) is 0.643. The van der Waals surface area contributed by atoms with Gasteiger partial charge in [0.05, 0.1) is 23.7 Å². The number of alkyl halides is 3. The topological polar surface area (TPSA) is 61.4 Å².